The number of nitrogens with zero attached hydrogens (tertiary/aromatic N) is 3. The van der Waals surface area contributed by atoms with Gasteiger partial charge in [-0.25, -0.2) is 9.18 Å². The van der Waals surface area contributed by atoms with Crippen molar-refractivity contribution in [1.82, 2.24) is 20.1 Å². The summed E-state index contributed by atoms with van der Waals surface area (Å²) in [5, 5.41) is 15.2. The molecule has 0 aliphatic carbocycles. The molecule has 0 saturated carbocycles. The van der Waals surface area contributed by atoms with Crippen LogP contribution in [0.3, 0.4) is 0 Å². The third-order valence-corrected chi connectivity index (χ3v) is 6.47. The molecule has 174 valence electrons. The van der Waals surface area contributed by atoms with Crippen LogP contribution in [0.2, 0.25) is 5.02 Å². The van der Waals surface area contributed by atoms with Crippen LogP contribution in [0, 0.1) is 19.7 Å². The van der Waals surface area contributed by atoms with Crippen LogP contribution in [0.5, 0.6) is 0 Å². The lowest BCUT2D eigenvalue weighted by Gasteiger charge is -2.14. The first kappa shape index (κ1) is 23.8. The highest BCUT2D eigenvalue weighted by Crippen LogP contribution is 2.29. The third kappa shape index (κ3) is 5.58. The van der Waals surface area contributed by atoms with Crippen LogP contribution in [0.4, 0.5) is 14.9 Å². The van der Waals surface area contributed by atoms with Gasteiger partial charge in [-0.3, -0.25) is 4.57 Å². The number of halogens is 2. The maximum absolute atomic E-state index is 13.9. The fraction of sp³-hybridized carbons (Fsp3) is 0.160. The molecule has 0 saturated heterocycles. The largest absolute Gasteiger partial charge is 0.331 e. The second-order valence-electron chi connectivity index (χ2n) is 7.67. The Hall–Kier alpha value is -3.36. The number of aryl methyl sites for hydroxylation is 2. The number of urea groups is 1. The Morgan fingerprint density at radius 2 is 1.79 bits per heavy atom. The monoisotopic (exact) mass is 495 g/mol. The topological polar surface area (TPSA) is 71.8 Å². The van der Waals surface area contributed by atoms with Gasteiger partial charge >= 0.3 is 6.03 Å². The van der Waals surface area contributed by atoms with Crippen LogP contribution in [0.1, 0.15) is 22.5 Å². The standard InChI is InChI=1S/C25H23ClFN5OS/c1-16-7-3-4-8-18(16)15-34-25-31-30-23(32(25)22-13-19(26)12-11-17(22)2)14-28-24(33)29-21-10-6-5-9-20(21)27/h3-13H,14-15H2,1-2H3,(H2,28,29,33). The van der Waals surface area contributed by atoms with E-state index in [1.807, 2.05) is 41.8 Å². The summed E-state index contributed by atoms with van der Waals surface area (Å²) in [6.07, 6.45) is 0. The van der Waals surface area contributed by atoms with E-state index in [-0.39, 0.29) is 12.2 Å². The zero-order chi connectivity index (χ0) is 24.1. The molecule has 0 spiro atoms. The minimum atomic E-state index is -0.545. The van der Waals surface area contributed by atoms with Crippen molar-refractivity contribution in [1.29, 1.82) is 0 Å². The van der Waals surface area contributed by atoms with Gasteiger partial charge in [-0.15, -0.1) is 10.2 Å². The van der Waals surface area contributed by atoms with Gasteiger partial charge in [0.05, 0.1) is 17.9 Å². The van der Waals surface area contributed by atoms with E-state index in [0.29, 0.717) is 21.8 Å². The van der Waals surface area contributed by atoms with Crippen LogP contribution >= 0.6 is 23.4 Å². The molecule has 2 N–H and O–H groups in total. The molecular weight excluding hydrogens is 473 g/mol. The van der Waals surface area contributed by atoms with E-state index >= 15 is 0 Å². The number of carbonyl (C=O) groups is 1. The van der Waals surface area contributed by atoms with E-state index in [1.54, 1.807) is 23.9 Å². The van der Waals surface area contributed by atoms with Crippen LogP contribution in [0.15, 0.2) is 71.9 Å². The van der Waals surface area contributed by atoms with Crippen molar-refractivity contribution in [3.63, 3.8) is 0 Å². The molecule has 2 amide bonds. The van der Waals surface area contributed by atoms with Crippen LogP contribution in [-0.2, 0) is 12.3 Å². The average Bonchev–Trinajstić information content (AvgIpc) is 3.23. The van der Waals surface area contributed by atoms with Crippen molar-refractivity contribution >= 4 is 35.1 Å². The fourth-order valence-electron chi connectivity index (χ4n) is 3.38. The molecule has 4 aromatic rings. The summed E-state index contributed by atoms with van der Waals surface area (Å²) in [6.45, 7) is 4.14. The first-order valence-corrected chi connectivity index (χ1v) is 12.0. The van der Waals surface area contributed by atoms with E-state index in [1.165, 1.54) is 23.3 Å². The Morgan fingerprint density at radius 1 is 1.03 bits per heavy atom. The minimum Gasteiger partial charge on any atom is -0.331 e. The molecule has 6 nitrogen and oxygen atoms in total. The molecule has 4 rings (SSSR count). The molecular formula is C25H23ClFN5OS. The summed E-state index contributed by atoms with van der Waals surface area (Å²) in [6, 6.07) is 19.2. The van der Waals surface area contributed by atoms with E-state index in [9.17, 15) is 9.18 Å². The summed E-state index contributed by atoms with van der Waals surface area (Å²) >= 11 is 7.84. The van der Waals surface area contributed by atoms with Gasteiger partial charge in [-0.2, -0.15) is 0 Å². The van der Waals surface area contributed by atoms with Crippen LogP contribution < -0.4 is 10.6 Å². The van der Waals surface area contributed by atoms with Crippen molar-refractivity contribution < 1.29 is 9.18 Å². The second-order valence-corrected chi connectivity index (χ2v) is 9.05. The molecule has 1 heterocycles. The van der Waals surface area contributed by atoms with Gasteiger partial charge in [0.1, 0.15) is 5.82 Å². The minimum absolute atomic E-state index is 0.0875. The molecule has 1 aromatic heterocycles. The summed E-state index contributed by atoms with van der Waals surface area (Å²) < 4.78 is 15.7. The quantitative estimate of drug-likeness (QED) is 0.295. The van der Waals surface area contributed by atoms with E-state index in [4.69, 9.17) is 11.6 Å². The summed E-state index contributed by atoms with van der Waals surface area (Å²) in [5.74, 6) is 0.734. The lowest BCUT2D eigenvalue weighted by atomic mass is 10.1. The summed E-state index contributed by atoms with van der Waals surface area (Å²) in [5.41, 5.74) is 4.32. The smallest absolute Gasteiger partial charge is 0.319 e. The molecule has 0 unspecified atom stereocenters. The molecule has 3 aromatic carbocycles. The predicted molar refractivity (Wildman–Crippen MR) is 134 cm³/mol. The molecule has 0 fully saturated rings. The Morgan fingerprint density at radius 3 is 2.59 bits per heavy atom. The Bertz CT molecular complexity index is 1330. The number of thioether (sulfide) groups is 1. The number of nitrogens with one attached hydrogen (secondary N) is 2. The van der Waals surface area contributed by atoms with Gasteiger partial charge in [0, 0.05) is 10.8 Å². The van der Waals surface area contributed by atoms with Gasteiger partial charge in [0.25, 0.3) is 0 Å². The highest BCUT2D eigenvalue weighted by Gasteiger charge is 2.18. The number of benzene rings is 3. The van der Waals surface area contributed by atoms with Gasteiger partial charge in [-0.1, -0.05) is 65.8 Å². The number of amides is 2. The van der Waals surface area contributed by atoms with Crippen molar-refractivity contribution in [3.8, 4) is 5.69 Å². The summed E-state index contributed by atoms with van der Waals surface area (Å²) in [4.78, 5) is 12.4. The zero-order valence-corrected chi connectivity index (χ0v) is 20.3. The molecule has 0 aliphatic rings. The number of aromatic nitrogens is 3. The number of rotatable bonds is 7. The fourth-order valence-corrected chi connectivity index (χ4v) is 4.58. The molecule has 9 heteroatoms. The molecule has 34 heavy (non-hydrogen) atoms. The van der Waals surface area contributed by atoms with Crippen molar-refractivity contribution in [3.05, 3.63) is 100 Å². The average molecular weight is 496 g/mol. The summed E-state index contributed by atoms with van der Waals surface area (Å²) in [7, 11) is 0. The molecule has 0 bridgehead atoms. The Kier molecular flexibility index (Phi) is 7.49. The van der Waals surface area contributed by atoms with Gasteiger partial charge in [0.2, 0.25) is 0 Å². The van der Waals surface area contributed by atoms with Crippen molar-refractivity contribution in [2.45, 2.75) is 31.3 Å². The maximum Gasteiger partial charge on any atom is 0.319 e. The molecule has 0 radical (unpaired) electrons. The van der Waals surface area contributed by atoms with Gasteiger partial charge in [0.15, 0.2) is 11.0 Å². The highest BCUT2D eigenvalue weighted by atomic mass is 35.5. The van der Waals surface area contributed by atoms with Gasteiger partial charge in [-0.05, 0) is 54.8 Å². The first-order chi connectivity index (χ1) is 16.4. The van der Waals surface area contributed by atoms with Crippen LogP contribution in [0.25, 0.3) is 5.69 Å². The van der Waals surface area contributed by atoms with E-state index < -0.39 is 11.8 Å². The van der Waals surface area contributed by atoms with Crippen molar-refractivity contribution in [2.75, 3.05) is 5.32 Å². The Labute approximate surface area is 206 Å². The predicted octanol–water partition coefficient (Wildman–Crippen LogP) is 6.29. The van der Waals surface area contributed by atoms with Crippen molar-refractivity contribution in [2.24, 2.45) is 0 Å². The second kappa shape index (κ2) is 10.7. The first-order valence-electron chi connectivity index (χ1n) is 10.6. The third-order valence-electron chi connectivity index (χ3n) is 5.26. The van der Waals surface area contributed by atoms with E-state index in [0.717, 1.165) is 11.3 Å². The lowest BCUT2D eigenvalue weighted by molar-refractivity contribution is 0.251. The number of para-hydroxylation sites is 1. The Balaban J connectivity index is 1.58. The number of carbonyl (C=O) groups excluding carboxylic acids is 1. The molecule has 0 aliphatic heterocycles. The number of hydrogen-bond donors (Lipinski definition) is 2. The zero-order valence-electron chi connectivity index (χ0n) is 18.7. The maximum atomic E-state index is 13.9. The molecule has 0 atom stereocenters. The van der Waals surface area contributed by atoms with E-state index in [2.05, 4.69) is 39.9 Å². The highest BCUT2D eigenvalue weighted by molar-refractivity contribution is 7.98. The number of hydrogen-bond acceptors (Lipinski definition) is 4. The lowest BCUT2D eigenvalue weighted by Crippen LogP contribution is -2.29. The SMILES string of the molecule is Cc1ccccc1CSc1nnc(CNC(=O)Nc2ccccc2F)n1-c1cc(Cl)ccc1C. The van der Waals surface area contributed by atoms with Crippen LogP contribution in [-0.4, -0.2) is 20.8 Å². The van der Waals surface area contributed by atoms with Gasteiger partial charge < -0.3 is 10.6 Å². The normalized spacial score (nSPS) is 10.8. The number of anilines is 1.